The second-order valence-electron chi connectivity index (χ2n) is 5.16. The fraction of sp³-hybridized carbons (Fsp3) is 0.375. The Bertz CT molecular complexity index is 646. The maximum atomic E-state index is 10.7. The highest BCUT2D eigenvalue weighted by molar-refractivity contribution is 9.10. The lowest BCUT2D eigenvalue weighted by Crippen LogP contribution is -2.01. The number of aryl methyl sites for hydroxylation is 2. The molecule has 0 saturated carbocycles. The third-order valence-corrected chi connectivity index (χ3v) is 5.51. The zero-order valence-electron chi connectivity index (χ0n) is 12.0. The van der Waals surface area contributed by atoms with Crippen molar-refractivity contribution in [2.75, 3.05) is 13.2 Å². The number of ether oxygens (including phenoxy) is 2. The zero-order chi connectivity index (χ0) is 15.0. The molecule has 3 rings (SSSR count). The van der Waals surface area contributed by atoms with Crippen molar-refractivity contribution in [3.63, 3.8) is 0 Å². The Labute approximate surface area is 136 Å². The first-order valence-electron chi connectivity index (χ1n) is 6.90. The maximum Gasteiger partial charge on any atom is 0.162 e. The van der Waals surface area contributed by atoms with Crippen LogP contribution in [0.5, 0.6) is 11.5 Å². The van der Waals surface area contributed by atoms with Crippen LogP contribution in [-0.4, -0.2) is 18.3 Å². The summed E-state index contributed by atoms with van der Waals surface area (Å²) in [5, 5.41) is 10.7. The van der Waals surface area contributed by atoms with Gasteiger partial charge in [0.15, 0.2) is 11.5 Å². The van der Waals surface area contributed by atoms with Gasteiger partial charge in [0.05, 0.1) is 13.2 Å². The van der Waals surface area contributed by atoms with Gasteiger partial charge >= 0.3 is 0 Å². The predicted octanol–water partition coefficient (Wildman–Crippen LogP) is 4.37. The van der Waals surface area contributed by atoms with Crippen molar-refractivity contribution in [2.45, 2.75) is 26.4 Å². The predicted molar refractivity (Wildman–Crippen MR) is 87.6 cm³/mol. The Morgan fingerprint density at radius 3 is 2.43 bits per heavy atom. The summed E-state index contributed by atoms with van der Waals surface area (Å²) in [6.45, 7) is 5.43. The Hall–Kier alpha value is -1.04. The van der Waals surface area contributed by atoms with Crippen LogP contribution >= 0.6 is 27.3 Å². The summed E-state index contributed by atoms with van der Waals surface area (Å²) < 4.78 is 12.2. The van der Waals surface area contributed by atoms with E-state index in [2.05, 4.69) is 29.8 Å². The van der Waals surface area contributed by atoms with E-state index in [0.717, 1.165) is 27.1 Å². The number of hydrogen-bond acceptors (Lipinski definition) is 4. The van der Waals surface area contributed by atoms with Crippen molar-refractivity contribution in [1.82, 2.24) is 0 Å². The van der Waals surface area contributed by atoms with Gasteiger partial charge in [0.25, 0.3) is 0 Å². The molecule has 21 heavy (non-hydrogen) atoms. The number of hydrogen-bond donors (Lipinski definition) is 1. The minimum absolute atomic E-state index is 0.640. The first-order chi connectivity index (χ1) is 10.1. The van der Waals surface area contributed by atoms with Gasteiger partial charge in [0.2, 0.25) is 0 Å². The van der Waals surface area contributed by atoms with E-state index >= 15 is 0 Å². The average molecular weight is 369 g/mol. The normalized spacial score (nSPS) is 15.6. The van der Waals surface area contributed by atoms with Gasteiger partial charge in [0, 0.05) is 26.2 Å². The average Bonchev–Trinajstić information content (AvgIpc) is 2.66. The molecular formula is C16H17BrO3S. The molecule has 1 atom stereocenters. The second-order valence-corrected chi connectivity index (χ2v) is 7.30. The molecule has 1 aliphatic rings. The fourth-order valence-electron chi connectivity index (χ4n) is 2.30. The van der Waals surface area contributed by atoms with Crippen LogP contribution in [0.1, 0.15) is 33.4 Å². The maximum absolute atomic E-state index is 10.7. The van der Waals surface area contributed by atoms with Crippen molar-refractivity contribution in [3.05, 3.63) is 43.6 Å². The Morgan fingerprint density at radius 2 is 1.81 bits per heavy atom. The van der Waals surface area contributed by atoms with Gasteiger partial charge in [-0.3, -0.25) is 0 Å². The van der Waals surface area contributed by atoms with Crippen LogP contribution in [0.15, 0.2) is 22.7 Å². The van der Waals surface area contributed by atoms with Gasteiger partial charge in [-0.2, -0.15) is 0 Å². The number of benzene rings is 1. The highest BCUT2D eigenvalue weighted by atomic mass is 79.9. The van der Waals surface area contributed by atoms with Gasteiger partial charge in [0.1, 0.15) is 6.10 Å². The summed E-state index contributed by atoms with van der Waals surface area (Å²) in [5.74, 6) is 1.43. The third kappa shape index (κ3) is 2.96. The van der Waals surface area contributed by atoms with Crippen LogP contribution in [0.3, 0.4) is 0 Å². The minimum Gasteiger partial charge on any atom is -0.490 e. The fourth-order valence-corrected chi connectivity index (χ4v) is 3.89. The molecule has 2 aromatic rings. The molecule has 112 valence electrons. The Morgan fingerprint density at radius 1 is 1.14 bits per heavy atom. The quantitative estimate of drug-likeness (QED) is 0.854. The van der Waals surface area contributed by atoms with Crippen LogP contribution in [0.4, 0.5) is 0 Å². The number of aliphatic hydroxyl groups excluding tert-OH is 1. The van der Waals surface area contributed by atoms with Crippen LogP contribution in [0.2, 0.25) is 0 Å². The molecule has 0 aliphatic carbocycles. The minimum atomic E-state index is -0.658. The molecule has 2 heterocycles. The smallest absolute Gasteiger partial charge is 0.162 e. The molecule has 0 fully saturated rings. The topological polar surface area (TPSA) is 38.7 Å². The van der Waals surface area contributed by atoms with Gasteiger partial charge in [-0.1, -0.05) is 15.9 Å². The molecule has 1 aromatic heterocycles. The molecule has 1 N–H and O–H groups in total. The van der Waals surface area contributed by atoms with Crippen molar-refractivity contribution in [1.29, 1.82) is 0 Å². The monoisotopic (exact) mass is 368 g/mol. The molecule has 0 amide bonds. The van der Waals surface area contributed by atoms with E-state index < -0.39 is 6.10 Å². The van der Waals surface area contributed by atoms with Gasteiger partial charge < -0.3 is 14.6 Å². The third-order valence-electron chi connectivity index (χ3n) is 3.62. The van der Waals surface area contributed by atoms with Gasteiger partial charge in [-0.25, -0.2) is 0 Å². The number of halogens is 1. The molecular weight excluding hydrogens is 352 g/mol. The molecule has 1 aliphatic heterocycles. The zero-order valence-corrected chi connectivity index (χ0v) is 14.4. The van der Waals surface area contributed by atoms with Gasteiger partial charge in [-0.15, -0.1) is 11.3 Å². The van der Waals surface area contributed by atoms with Crippen molar-refractivity contribution >= 4 is 27.3 Å². The molecule has 0 radical (unpaired) electrons. The standard InChI is InChI=1S/C16H17BrO3S/c1-9-6-15(21-10(9)2)16(18)11-7-13-14(8-12(11)17)20-5-3-4-19-13/h6-8,16,18H,3-5H2,1-2H3. The van der Waals surface area contributed by atoms with Crippen molar-refractivity contribution in [2.24, 2.45) is 0 Å². The molecule has 5 heteroatoms. The highest BCUT2D eigenvalue weighted by Crippen LogP contribution is 2.40. The largest absolute Gasteiger partial charge is 0.490 e. The summed E-state index contributed by atoms with van der Waals surface area (Å²) in [4.78, 5) is 2.18. The molecule has 0 bridgehead atoms. The molecule has 1 unspecified atom stereocenters. The van der Waals surface area contributed by atoms with Crippen molar-refractivity contribution < 1.29 is 14.6 Å². The molecule has 1 aromatic carbocycles. The molecule has 0 saturated heterocycles. The van der Waals surface area contributed by atoms with Crippen LogP contribution in [-0.2, 0) is 0 Å². The van der Waals surface area contributed by atoms with Gasteiger partial charge in [-0.05, 0) is 37.6 Å². The Balaban J connectivity index is 1.99. The number of fused-ring (bicyclic) bond motifs is 1. The van der Waals surface area contributed by atoms with E-state index in [4.69, 9.17) is 9.47 Å². The number of rotatable bonds is 2. The first kappa shape index (κ1) is 14.9. The van der Waals surface area contributed by atoms with E-state index in [-0.39, 0.29) is 0 Å². The summed E-state index contributed by atoms with van der Waals surface area (Å²) in [7, 11) is 0. The number of aliphatic hydroxyl groups is 1. The summed E-state index contributed by atoms with van der Waals surface area (Å²) >= 11 is 5.16. The second kappa shape index (κ2) is 5.99. The first-order valence-corrected chi connectivity index (χ1v) is 8.51. The highest BCUT2D eigenvalue weighted by Gasteiger charge is 2.21. The lowest BCUT2D eigenvalue weighted by Gasteiger charge is -2.15. The van der Waals surface area contributed by atoms with E-state index in [1.54, 1.807) is 11.3 Å². The number of thiophene rings is 1. The summed E-state index contributed by atoms with van der Waals surface area (Å²) in [5.41, 5.74) is 2.01. The summed E-state index contributed by atoms with van der Waals surface area (Å²) in [6.07, 6.45) is 0.210. The van der Waals surface area contributed by atoms with Crippen LogP contribution < -0.4 is 9.47 Å². The van der Waals surface area contributed by atoms with Crippen LogP contribution in [0.25, 0.3) is 0 Å². The van der Waals surface area contributed by atoms with Crippen molar-refractivity contribution in [3.8, 4) is 11.5 Å². The molecule has 3 nitrogen and oxygen atoms in total. The molecule has 0 spiro atoms. The van der Waals surface area contributed by atoms with Crippen LogP contribution in [0, 0.1) is 13.8 Å². The van der Waals surface area contributed by atoms with E-state index in [0.29, 0.717) is 19.0 Å². The lowest BCUT2D eigenvalue weighted by molar-refractivity contribution is 0.222. The lowest BCUT2D eigenvalue weighted by atomic mass is 10.1. The Kier molecular flexibility index (Phi) is 4.24. The summed E-state index contributed by atoms with van der Waals surface area (Å²) in [6, 6.07) is 5.80. The van der Waals surface area contributed by atoms with E-state index in [9.17, 15) is 5.11 Å². The van der Waals surface area contributed by atoms with E-state index in [1.165, 1.54) is 10.4 Å². The SMILES string of the molecule is Cc1cc(C(O)c2cc3c(cc2Br)OCCCO3)sc1C. The van der Waals surface area contributed by atoms with E-state index in [1.807, 2.05) is 18.2 Å².